The van der Waals surface area contributed by atoms with Gasteiger partial charge in [0.2, 0.25) is 0 Å². The predicted octanol–water partition coefficient (Wildman–Crippen LogP) is 4.82. The van der Waals surface area contributed by atoms with E-state index in [1.807, 2.05) is 17.0 Å². The average molecular weight is 543 g/mol. The molecule has 2 saturated heterocycles. The summed E-state index contributed by atoms with van der Waals surface area (Å²) in [6, 6.07) is 8.20. The molecule has 0 saturated carbocycles. The molecule has 0 atom stereocenters. The fourth-order valence-electron chi connectivity index (χ4n) is 4.93. The summed E-state index contributed by atoms with van der Waals surface area (Å²) < 4.78 is 25.6. The summed E-state index contributed by atoms with van der Waals surface area (Å²) in [5.74, 6) is 1.31. The van der Waals surface area contributed by atoms with Gasteiger partial charge in [0.15, 0.2) is 11.5 Å². The van der Waals surface area contributed by atoms with Gasteiger partial charge in [0.05, 0.1) is 17.6 Å². The van der Waals surface area contributed by atoms with E-state index in [9.17, 15) is 9.18 Å². The van der Waals surface area contributed by atoms with Crippen molar-refractivity contribution in [3.8, 4) is 11.5 Å². The lowest BCUT2D eigenvalue weighted by molar-refractivity contribution is 0.0955. The first-order valence-electron chi connectivity index (χ1n) is 13.0. The van der Waals surface area contributed by atoms with Crippen molar-refractivity contribution >= 4 is 40.0 Å². The van der Waals surface area contributed by atoms with Crippen LogP contribution >= 0.6 is 11.6 Å². The highest BCUT2D eigenvalue weighted by Crippen LogP contribution is 2.36. The minimum absolute atomic E-state index is 0.0300. The molecule has 2 N–H and O–H groups in total. The van der Waals surface area contributed by atoms with E-state index < -0.39 is 5.82 Å². The van der Waals surface area contributed by atoms with Crippen molar-refractivity contribution in [2.24, 2.45) is 0 Å². The summed E-state index contributed by atoms with van der Waals surface area (Å²) in [5, 5.41) is 6.89. The van der Waals surface area contributed by atoms with Gasteiger partial charge in [0.25, 0.3) is 0 Å². The van der Waals surface area contributed by atoms with Gasteiger partial charge in [0.1, 0.15) is 24.1 Å². The zero-order valence-electron chi connectivity index (χ0n) is 21.4. The Morgan fingerprint density at radius 3 is 2.74 bits per heavy atom. The molecule has 2 aromatic carbocycles. The van der Waals surface area contributed by atoms with Crippen LogP contribution in [0.2, 0.25) is 5.02 Å². The number of urea groups is 1. The monoisotopic (exact) mass is 542 g/mol. The van der Waals surface area contributed by atoms with Crippen LogP contribution < -0.4 is 20.1 Å². The van der Waals surface area contributed by atoms with Gasteiger partial charge < -0.3 is 29.9 Å². The largest absolute Gasteiger partial charge is 0.493 e. The van der Waals surface area contributed by atoms with E-state index in [1.54, 1.807) is 13.2 Å². The molecular formula is C27H32ClFN6O3. The van der Waals surface area contributed by atoms with Crippen LogP contribution in [0.1, 0.15) is 25.7 Å². The summed E-state index contributed by atoms with van der Waals surface area (Å²) in [7, 11) is 1.61. The fraction of sp³-hybridized carbons (Fsp3) is 0.444. The van der Waals surface area contributed by atoms with Gasteiger partial charge in [-0.25, -0.2) is 19.2 Å². The van der Waals surface area contributed by atoms with Gasteiger partial charge in [-0.05, 0) is 56.5 Å². The number of aromatic nitrogens is 2. The maximum Gasteiger partial charge on any atom is 0.317 e. The Morgan fingerprint density at radius 1 is 1.13 bits per heavy atom. The first-order valence-corrected chi connectivity index (χ1v) is 13.3. The van der Waals surface area contributed by atoms with Crippen LogP contribution in [0.5, 0.6) is 11.5 Å². The summed E-state index contributed by atoms with van der Waals surface area (Å²) in [4.78, 5) is 25.0. The lowest BCUT2D eigenvalue weighted by Gasteiger charge is -2.33. The Labute approximate surface area is 226 Å². The number of nitrogens with zero attached hydrogens (tertiary/aromatic N) is 4. The van der Waals surface area contributed by atoms with Gasteiger partial charge in [0, 0.05) is 49.9 Å². The number of benzene rings is 2. The number of nitrogens with one attached hydrogen (secondary N) is 2. The molecule has 2 aliphatic heterocycles. The number of halogens is 2. The number of hydrogen-bond acceptors (Lipinski definition) is 7. The number of amides is 2. The van der Waals surface area contributed by atoms with Crippen LogP contribution in [0.15, 0.2) is 36.7 Å². The van der Waals surface area contributed by atoms with E-state index >= 15 is 0 Å². The molecule has 1 aromatic heterocycles. The Hall–Kier alpha value is -3.37. The second-order valence-corrected chi connectivity index (χ2v) is 9.99. The smallest absolute Gasteiger partial charge is 0.317 e. The lowest BCUT2D eigenvalue weighted by atomic mass is 10.1. The van der Waals surface area contributed by atoms with Crippen LogP contribution in [0.25, 0.3) is 10.9 Å². The number of ether oxygens (including phenoxy) is 2. The fourth-order valence-corrected chi connectivity index (χ4v) is 5.11. The average Bonchev–Trinajstić information content (AvgIpc) is 2.93. The van der Waals surface area contributed by atoms with Gasteiger partial charge in [-0.3, -0.25) is 0 Å². The third-order valence-corrected chi connectivity index (χ3v) is 7.29. The highest BCUT2D eigenvalue weighted by atomic mass is 35.5. The molecule has 0 unspecified atom stereocenters. The molecule has 2 fully saturated rings. The molecule has 0 spiro atoms. The number of fused-ring (bicyclic) bond motifs is 1. The Bertz CT molecular complexity index is 1290. The SMILES string of the molecule is COc1cc2ncnc(Nc3ccc(F)c(Cl)c3)c2cc1OC1CCN(CCCN2CCCNC2=O)CC1. The topological polar surface area (TPSA) is 91.9 Å². The zero-order chi connectivity index (χ0) is 26.5. The van der Waals surface area contributed by atoms with Gasteiger partial charge >= 0.3 is 6.03 Å². The summed E-state index contributed by atoms with van der Waals surface area (Å²) >= 11 is 5.95. The highest BCUT2D eigenvalue weighted by Gasteiger charge is 2.23. The van der Waals surface area contributed by atoms with Crippen LogP contribution in [-0.2, 0) is 0 Å². The first-order chi connectivity index (χ1) is 18.5. The van der Waals surface area contributed by atoms with Crippen molar-refractivity contribution < 1.29 is 18.7 Å². The van der Waals surface area contributed by atoms with Gasteiger partial charge in [-0.15, -0.1) is 0 Å². The van der Waals surface area contributed by atoms with Crippen molar-refractivity contribution in [3.63, 3.8) is 0 Å². The Morgan fingerprint density at radius 2 is 1.97 bits per heavy atom. The number of piperidine rings is 1. The van der Waals surface area contributed by atoms with Crippen molar-refractivity contribution in [2.75, 3.05) is 51.7 Å². The lowest BCUT2D eigenvalue weighted by Crippen LogP contribution is -2.47. The van der Waals surface area contributed by atoms with Gasteiger partial charge in [-0.2, -0.15) is 0 Å². The number of hydrogen-bond donors (Lipinski definition) is 2. The van der Waals surface area contributed by atoms with Crippen molar-refractivity contribution in [3.05, 3.63) is 47.5 Å². The molecule has 0 bridgehead atoms. The molecule has 3 aromatic rings. The first kappa shape index (κ1) is 26.2. The Balaban J connectivity index is 1.22. The maximum atomic E-state index is 13.6. The highest BCUT2D eigenvalue weighted by molar-refractivity contribution is 6.31. The minimum atomic E-state index is -0.481. The van der Waals surface area contributed by atoms with Crippen LogP contribution in [-0.4, -0.2) is 78.3 Å². The van der Waals surface area contributed by atoms with Crippen LogP contribution in [0.3, 0.4) is 0 Å². The number of carbonyl (C=O) groups is 1. The number of rotatable bonds is 9. The maximum absolute atomic E-state index is 13.6. The molecule has 2 amide bonds. The Kier molecular flexibility index (Phi) is 8.29. The second kappa shape index (κ2) is 12.0. The molecule has 11 heteroatoms. The molecule has 3 heterocycles. The molecule has 38 heavy (non-hydrogen) atoms. The van der Waals surface area contributed by atoms with E-state index in [1.165, 1.54) is 18.5 Å². The molecule has 0 radical (unpaired) electrons. The normalized spacial score (nSPS) is 16.9. The molecule has 5 rings (SSSR count). The van der Waals surface area contributed by atoms with Crippen molar-refractivity contribution in [1.82, 2.24) is 25.1 Å². The summed E-state index contributed by atoms with van der Waals surface area (Å²) in [6.07, 6.45) is 5.29. The van der Waals surface area contributed by atoms with Crippen molar-refractivity contribution in [2.45, 2.75) is 31.8 Å². The van der Waals surface area contributed by atoms with Crippen molar-refractivity contribution in [1.29, 1.82) is 0 Å². The molecule has 9 nitrogen and oxygen atoms in total. The molecule has 202 valence electrons. The molecule has 2 aliphatic rings. The van der Waals surface area contributed by atoms with E-state index in [2.05, 4.69) is 25.5 Å². The van der Waals surface area contributed by atoms with E-state index in [4.69, 9.17) is 21.1 Å². The van der Waals surface area contributed by atoms with Crippen LogP contribution in [0.4, 0.5) is 20.7 Å². The third kappa shape index (κ3) is 6.19. The number of anilines is 2. The number of carbonyl (C=O) groups excluding carboxylic acids is 1. The zero-order valence-corrected chi connectivity index (χ0v) is 22.1. The molecular weight excluding hydrogens is 511 g/mol. The van der Waals surface area contributed by atoms with E-state index in [-0.39, 0.29) is 17.2 Å². The predicted molar refractivity (Wildman–Crippen MR) is 145 cm³/mol. The number of likely N-dealkylation sites (tertiary alicyclic amines) is 1. The third-order valence-electron chi connectivity index (χ3n) is 7.00. The molecule has 0 aliphatic carbocycles. The minimum Gasteiger partial charge on any atom is -0.493 e. The second-order valence-electron chi connectivity index (χ2n) is 9.58. The van der Waals surface area contributed by atoms with E-state index in [0.717, 1.165) is 70.3 Å². The standard InChI is InChI=1S/C27H32ClFN6O3/c1-37-24-16-23-20(26(32-17-31-23)33-18-4-5-22(29)21(28)14-18)15-25(24)38-19-6-12-34(13-7-19)9-3-11-35-10-2-8-30-27(35)36/h4-5,14-17,19H,2-3,6-13H2,1H3,(H,30,36)(H,31,32,33). The summed E-state index contributed by atoms with van der Waals surface area (Å²) in [6.45, 7) is 5.25. The number of methoxy groups -OCH3 is 1. The van der Waals surface area contributed by atoms with Gasteiger partial charge in [-0.1, -0.05) is 11.6 Å². The van der Waals surface area contributed by atoms with E-state index in [0.29, 0.717) is 28.5 Å². The van der Waals surface area contributed by atoms with Crippen LogP contribution in [0, 0.1) is 5.82 Å². The quantitative estimate of drug-likeness (QED) is 0.400. The summed E-state index contributed by atoms with van der Waals surface area (Å²) in [5.41, 5.74) is 1.31.